The van der Waals surface area contributed by atoms with Crippen molar-refractivity contribution in [2.75, 3.05) is 17.2 Å². The fraction of sp³-hybridized carbons (Fsp3) is 0.133. The molecule has 2 aromatic rings. The van der Waals surface area contributed by atoms with E-state index in [1.54, 1.807) is 24.3 Å². The molecule has 0 fully saturated rings. The van der Waals surface area contributed by atoms with Gasteiger partial charge in [0.2, 0.25) is 5.91 Å². The van der Waals surface area contributed by atoms with Crippen molar-refractivity contribution in [1.82, 2.24) is 0 Å². The summed E-state index contributed by atoms with van der Waals surface area (Å²) in [6, 6.07) is 12.3. The zero-order valence-corrected chi connectivity index (χ0v) is 13.3. The fourth-order valence-electron chi connectivity index (χ4n) is 1.71. The van der Waals surface area contributed by atoms with E-state index in [-0.39, 0.29) is 5.91 Å². The highest BCUT2D eigenvalue weighted by Crippen LogP contribution is 2.25. The van der Waals surface area contributed by atoms with Crippen LogP contribution in [0.3, 0.4) is 0 Å². The summed E-state index contributed by atoms with van der Waals surface area (Å²) in [6.45, 7) is 0.483. The summed E-state index contributed by atoms with van der Waals surface area (Å²) in [5, 5.41) is 7.35. The molecule has 1 amide bonds. The minimum absolute atomic E-state index is 0.118. The minimum atomic E-state index is -0.118. The van der Waals surface area contributed by atoms with Crippen LogP contribution in [0.5, 0.6) is 0 Å². The molecule has 2 rings (SSSR count). The number of hydrogen-bond donors (Lipinski definition) is 2. The van der Waals surface area contributed by atoms with E-state index in [1.807, 2.05) is 18.2 Å². The average Bonchev–Trinajstić information content (AvgIpc) is 2.45. The summed E-state index contributed by atoms with van der Waals surface area (Å²) in [5.74, 6) is -0.118. The molecule has 6 heteroatoms. The smallest absolute Gasteiger partial charge is 0.226 e. The molecule has 0 saturated heterocycles. The number of hydrogen-bond acceptors (Lipinski definition) is 2. The first-order chi connectivity index (χ1) is 10.1. The van der Waals surface area contributed by atoms with Gasteiger partial charge in [-0.05, 0) is 30.3 Å². The number of rotatable bonds is 5. The highest BCUT2D eigenvalue weighted by Gasteiger charge is 2.05. The molecular weight excluding hydrogens is 331 g/mol. The normalized spacial score (nSPS) is 10.2. The van der Waals surface area contributed by atoms with Gasteiger partial charge in [0.1, 0.15) is 0 Å². The van der Waals surface area contributed by atoms with Gasteiger partial charge in [-0.3, -0.25) is 4.79 Å². The van der Waals surface area contributed by atoms with Crippen LogP contribution in [-0.2, 0) is 4.79 Å². The van der Waals surface area contributed by atoms with Gasteiger partial charge in [-0.25, -0.2) is 0 Å². The molecule has 0 aliphatic heterocycles. The Bertz CT molecular complexity index is 647. The third-order valence-corrected chi connectivity index (χ3v) is 3.81. The van der Waals surface area contributed by atoms with Crippen LogP contribution in [0.2, 0.25) is 15.1 Å². The number of benzene rings is 2. The van der Waals surface area contributed by atoms with Crippen LogP contribution in [0.25, 0.3) is 0 Å². The number of carbonyl (C=O) groups is 1. The van der Waals surface area contributed by atoms with Crippen LogP contribution in [0.1, 0.15) is 6.42 Å². The lowest BCUT2D eigenvalue weighted by atomic mass is 10.3. The topological polar surface area (TPSA) is 41.1 Å². The molecule has 0 bridgehead atoms. The van der Waals surface area contributed by atoms with E-state index in [9.17, 15) is 4.79 Å². The molecule has 0 heterocycles. The monoisotopic (exact) mass is 342 g/mol. The fourth-order valence-corrected chi connectivity index (χ4v) is 2.21. The summed E-state index contributed by atoms with van der Waals surface area (Å²) in [4.78, 5) is 11.8. The van der Waals surface area contributed by atoms with Crippen molar-refractivity contribution in [2.45, 2.75) is 6.42 Å². The van der Waals surface area contributed by atoms with Crippen LogP contribution >= 0.6 is 34.8 Å². The Labute approximate surface area is 138 Å². The molecule has 0 atom stereocenters. The number of halogens is 3. The van der Waals surface area contributed by atoms with Crippen molar-refractivity contribution in [3.8, 4) is 0 Å². The van der Waals surface area contributed by atoms with Crippen LogP contribution < -0.4 is 10.6 Å². The Kier molecular flexibility index (Phi) is 5.74. The molecule has 2 aromatic carbocycles. The lowest BCUT2D eigenvalue weighted by Crippen LogP contribution is -2.16. The molecular formula is C15H13Cl3N2O. The molecule has 21 heavy (non-hydrogen) atoms. The molecule has 0 aliphatic rings. The van der Waals surface area contributed by atoms with Crippen molar-refractivity contribution in [2.24, 2.45) is 0 Å². The quantitative estimate of drug-likeness (QED) is 0.794. The molecule has 3 nitrogen and oxygen atoms in total. The summed E-state index contributed by atoms with van der Waals surface area (Å²) >= 11 is 17.7. The number of anilines is 2. The summed E-state index contributed by atoms with van der Waals surface area (Å²) in [5.41, 5.74) is 1.42. The molecule has 0 aliphatic carbocycles. The molecule has 2 N–H and O–H groups in total. The van der Waals surface area contributed by atoms with E-state index in [4.69, 9.17) is 34.8 Å². The number of nitrogens with one attached hydrogen (secondary N) is 2. The predicted molar refractivity (Wildman–Crippen MR) is 89.7 cm³/mol. The predicted octanol–water partition coefficient (Wildman–Crippen LogP) is 5.09. The molecule has 110 valence electrons. The van der Waals surface area contributed by atoms with E-state index in [0.29, 0.717) is 33.7 Å². The summed E-state index contributed by atoms with van der Waals surface area (Å²) in [7, 11) is 0. The lowest BCUT2D eigenvalue weighted by molar-refractivity contribution is -0.115. The number of amides is 1. The van der Waals surface area contributed by atoms with Crippen LogP contribution in [0, 0.1) is 0 Å². The van der Waals surface area contributed by atoms with E-state index in [0.717, 1.165) is 5.69 Å². The number of para-hydroxylation sites is 1. The van der Waals surface area contributed by atoms with E-state index < -0.39 is 0 Å². The SMILES string of the molecule is O=C(CCNc1ccccc1Cl)Nc1ccc(Cl)c(Cl)c1. The van der Waals surface area contributed by atoms with Crippen molar-refractivity contribution in [3.63, 3.8) is 0 Å². The van der Waals surface area contributed by atoms with Gasteiger partial charge in [0.05, 0.1) is 20.8 Å². The van der Waals surface area contributed by atoms with Gasteiger partial charge < -0.3 is 10.6 Å². The van der Waals surface area contributed by atoms with Crippen molar-refractivity contribution in [1.29, 1.82) is 0 Å². The third-order valence-electron chi connectivity index (χ3n) is 2.74. The second kappa shape index (κ2) is 7.55. The maximum absolute atomic E-state index is 11.8. The van der Waals surface area contributed by atoms with Gasteiger partial charge in [0.25, 0.3) is 0 Å². The Morgan fingerprint density at radius 3 is 2.43 bits per heavy atom. The third kappa shape index (κ3) is 4.81. The average molecular weight is 344 g/mol. The first-order valence-electron chi connectivity index (χ1n) is 6.29. The second-order valence-corrected chi connectivity index (χ2v) is 5.56. The van der Waals surface area contributed by atoms with Crippen molar-refractivity contribution in [3.05, 3.63) is 57.5 Å². The van der Waals surface area contributed by atoms with Crippen LogP contribution in [-0.4, -0.2) is 12.5 Å². The Morgan fingerprint density at radius 2 is 1.71 bits per heavy atom. The van der Waals surface area contributed by atoms with Gasteiger partial charge in [-0.2, -0.15) is 0 Å². The lowest BCUT2D eigenvalue weighted by Gasteiger charge is -2.09. The molecule has 0 radical (unpaired) electrons. The van der Waals surface area contributed by atoms with Crippen LogP contribution in [0.15, 0.2) is 42.5 Å². The molecule has 0 aromatic heterocycles. The zero-order valence-electron chi connectivity index (χ0n) is 11.0. The van der Waals surface area contributed by atoms with Gasteiger partial charge in [-0.1, -0.05) is 46.9 Å². The molecule has 0 spiro atoms. The van der Waals surface area contributed by atoms with Crippen LogP contribution in [0.4, 0.5) is 11.4 Å². The maximum Gasteiger partial charge on any atom is 0.226 e. The van der Waals surface area contributed by atoms with Gasteiger partial charge in [0, 0.05) is 18.7 Å². The highest BCUT2D eigenvalue weighted by atomic mass is 35.5. The van der Waals surface area contributed by atoms with E-state index >= 15 is 0 Å². The summed E-state index contributed by atoms with van der Waals surface area (Å²) in [6.07, 6.45) is 0.311. The van der Waals surface area contributed by atoms with E-state index in [1.165, 1.54) is 0 Å². The highest BCUT2D eigenvalue weighted by molar-refractivity contribution is 6.42. The Balaban J connectivity index is 1.82. The molecule has 0 saturated carbocycles. The Hall–Kier alpha value is -1.42. The number of carbonyl (C=O) groups excluding carboxylic acids is 1. The van der Waals surface area contributed by atoms with E-state index in [2.05, 4.69) is 10.6 Å². The first kappa shape index (κ1) is 16.0. The first-order valence-corrected chi connectivity index (χ1v) is 7.43. The van der Waals surface area contributed by atoms with Crippen molar-refractivity contribution < 1.29 is 4.79 Å². The van der Waals surface area contributed by atoms with Gasteiger partial charge in [0.15, 0.2) is 0 Å². The standard InChI is InChI=1S/C15H13Cl3N2O/c16-11-6-5-10(9-13(11)18)20-15(21)7-8-19-14-4-2-1-3-12(14)17/h1-6,9,19H,7-8H2,(H,20,21). The maximum atomic E-state index is 11.8. The van der Waals surface area contributed by atoms with Gasteiger partial charge >= 0.3 is 0 Å². The molecule has 0 unspecified atom stereocenters. The Morgan fingerprint density at radius 1 is 0.952 bits per heavy atom. The zero-order chi connectivity index (χ0) is 15.2. The second-order valence-electron chi connectivity index (χ2n) is 4.33. The minimum Gasteiger partial charge on any atom is -0.383 e. The summed E-state index contributed by atoms with van der Waals surface area (Å²) < 4.78 is 0. The van der Waals surface area contributed by atoms with Gasteiger partial charge in [-0.15, -0.1) is 0 Å². The van der Waals surface area contributed by atoms with Crippen molar-refractivity contribution >= 4 is 52.1 Å². The largest absolute Gasteiger partial charge is 0.383 e.